The fourth-order valence-electron chi connectivity index (χ4n) is 1.63. The molecule has 0 saturated carbocycles. The van der Waals surface area contributed by atoms with Crippen LogP contribution in [0.3, 0.4) is 0 Å². The zero-order valence-corrected chi connectivity index (χ0v) is 11.5. The van der Waals surface area contributed by atoms with Crippen LogP contribution in [-0.4, -0.2) is 24.8 Å². The van der Waals surface area contributed by atoms with Crippen LogP contribution in [0.4, 0.5) is 0 Å². The topological polar surface area (TPSA) is 41.5 Å². The molecule has 4 heteroatoms. The highest BCUT2D eigenvalue weighted by atomic mass is 35.5. The van der Waals surface area contributed by atoms with Gasteiger partial charge in [0, 0.05) is 6.54 Å². The highest BCUT2D eigenvalue weighted by Crippen LogP contribution is 2.30. The Morgan fingerprint density at radius 2 is 2.12 bits per heavy atom. The predicted molar refractivity (Wildman–Crippen MR) is 70.7 cm³/mol. The summed E-state index contributed by atoms with van der Waals surface area (Å²) in [4.78, 5) is 0. The van der Waals surface area contributed by atoms with E-state index < -0.39 is 5.60 Å². The van der Waals surface area contributed by atoms with Gasteiger partial charge in [-0.15, -0.1) is 0 Å². The van der Waals surface area contributed by atoms with Gasteiger partial charge in [0.05, 0.1) is 16.7 Å². The van der Waals surface area contributed by atoms with Crippen molar-refractivity contribution >= 4 is 11.6 Å². The van der Waals surface area contributed by atoms with E-state index in [0.717, 1.165) is 5.56 Å². The second-order valence-corrected chi connectivity index (χ2v) is 5.02. The Morgan fingerprint density at radius 1 is 1.47 bits per heavy atom. The molecule has 1 aromatic rings. The average Bonchev–Trinajstić information content (AvgIpc) is 2.20. The van der Waals surface area contributed by atoms with Crippen molar-refractivity contribution in [3.63, 3.8) is 0 Å². The molecule has 1 unspecified atom stereocenters. The van der Waals surface area contributed by atoms with Crippen molar-refractivity contribution in [2.24, 2.45) is 0 Å². The van der Waals surface area contributed by atoms with Crippen LogP contribution < -0.4 is 10.1 Å². The summed E-state index contributed by atoms with van der Waals surface area (Å²) in [6.07, 6.45) is 0.0798. The van der Waals surface area contributed by atoms with Crippen LogP contribution in [0.2, 0.25) is 5.02 Å². The first-order valence-electron chi connectivity index (χ1n) is 5.70. The molecule has 1 aromatic carbocycles. The number of aliphatic hydroxyl groups is 1. The van der Waals surface area contributed by atoms with Gasteiger partial charge in [0.1, 0.15) is 5.75 Å². The molecule has 1 atom stereocenters. The maximum atomic E-state index is 10.2. The van der Waals surface area contributed by atoms with Crippen LogP contribution in [0.15, 0.2) is 18.2 Å². The van der Waals surface area contributed by atoms with E-state index >= 15 is 0 Å². The fourth-order valence-corrected chi connectivity index (χ4v) is 1.86. The van der Waals surface area contributed by atoms with Crippen molar-refractivity contribution in [1.82, 2.24) is 5.32 Å². The molecule has 0 aliphatic rings. The highest BCUT2D eigenvalue weighted by molar-refractivity contribution is 6.32. The molecule has 1 rings (SSSR count). The first-order valence-corrected chi connectivity index (χ1v) is 6.08. The number of benzene rings is 1. The van der Waals surface area contributed by atoms with Crippen LogP contribution in [0, 0.1) is 0 Å². The van der Waals surface area contributed by atoms with Crippen molar-refractivity contribution in [1.29, 1.82) is 0 Å². The van der Waals surface area contributed by atoms with Crippen LogP contribution >= 0.6 is 11.6 Å². The Bertz CT molecular complexity index is 378. The quantitative estimate of drug-likeness (QED) is 0.852. The number of nitrogens with one attached hydrogen (secondary N) is 1. The molecule has 0 aliphatic heterocycles. The monoisotopic (exact) mass is 257 g/mol. The van der Waals surface area contributed by atoms with E-state index in [-0.39, 0.29) is 6.10 Å². The molecule has 96 valence electrons. The minimum absolute atomic E-state index is 0.0798. The van der Waals surface area contributed by atoms with Gasteiger partial charge in [-0.1, -0.05) is 17.7 Å². The Morgan fingerprint density at radius 3 is 2.59 bits per heavy atom. The Balaban J connectivity index is 2.95. The first kappa shape index (κ1) is 14.3. The molecule has 17 heavy (non-hydrogen) atoms. The minimum Gasteiger partial charge on any atom is -0.489 e. The molecule has 0 heterocycles. The third kappa shape index (κ3) is 3.87. The fraction of sp³-hybridized carbons (Fsp3) is 0.538. The molecule has 0 radical (unpaired) electrons. The summed E-state index contributed by atoms with van der Waals surface area (Å²) in [7, 11) is 1.80. The third-order valence-corrected chi connectivity index (χ3v) is 2.73. The minimum atomic E-state index is -0.936. The van der Waals surface area contributed by atoms with E-state index in [1.807, 2.05) is 19.9 Å². The SMILES string of the molecule is CNCC(C)(O)c1ccc(OC(C)C)c(Cl)c1. The lowest BCUT2D eigenvalue weighted by Crippen LogP contribution is -2.33. The Hall–Kier alpha value is -0.770. The molecule has 0 amide bonds. The van der Waals surface area contributed by atoms with E-state index in [1.54, 1.807) is 26.1 Å². The zero-order chi connectivity index (χ0) is 13.1. The zero-order valence-electron chi connectivity index (χ0n) is 10.7. The molecule has 0 aliphatic carbocycles. The van der Waals surface area contributed by atoms with Gasteiger partial charge in [-0.05, 0) is 45.5 Å². The van der Waals surface area contributed by atoms with Crippen LogP contribution in [0.5, 0.6) is 5.75 Å². The van der Waals surface area contributed by atoms with Gasteiger partial charge in [-0.2, -0.15) is 0 Å². The molecule has 3 nitrogen and oxygen atoms in total. The summed E-state index contributed by atoms with van der Waals surface area (Å²) in [6, 6.07) is 5.37. The van der Waals surface area contributed by atoms with Crippen LogP contribution in [-0.2, 0) is 5.60 Å². The number of rotatable bonds is 5. The summed E-state index contributed by atoms with van der Waals surface area (Å²) in [5.74, 6) is 0.644. The second kappa shape index (κ2) is 5.71. The van der Waals surface area contributed by atoms with E-state index in [1.165, 1.54) is 0 Å². The van der Waals surface area contributed by atoms with Crippen molar-refractivity contribution in [3.8, 4) is 5.75 Å². The summed E-state index contributed by atoms with van der Waals surface area (Å²) >= 11 is 6.12. The van der Waals surface area contributed by atoms with E-state index in [0.29, 0.717) is 17.3 Å². The summed E-state index contributed by atoms with van der Waals surface area (Å²) in [5.41, 5.74) is -0.165. The van der Waals surface area contributed by atoms with Gasteiger partial charge in [-0.3, -0.25) is 0 Å². The summed E-state index contributed by atoms with van der Waals surface area (Å²) in [6.45, 7) is 6.11. The van der Waals surface area contributed by atoms with Crippen molar-refractivity contribution in [2.45, 2.75) is 32.5 Å². The average molecular weight is 258 g/mol. The van der Waals surface area contributed by atoms with E-state index in [2.05, 4.69) is 5.32 Å². The molecular weight excluding hydrogens is 238 g/mol. The maximum absolute atomic E-state index is 10.2. The van der Waals surface area contributed by atoms with E-state index in [4.69, 9.17) is 16.3 Å². The van der Waals surface area contributed by atoms with Crippen molar-refractivity contribution in [2.75, 3.05) is 13.6 Å². The lowest BCUT2D eigenvalue weighted by Gasteiger charge is -2.24. The molecule has 2 N–H and O–H groups in total. The standard InChI is InChI=1S/C13H20ClNO2/c1-9(2)17-12-6-5-10(7-11(12)14)13(3,16)8-15-4/h5-7,9,15-16H,8H2,1-4H3. The molecule has 0 saturated heterocycles. The van der Waals surface area contributed by atoms with E-state index in [9.17, 15) is 5.11 Å². The smallest absolute Gasteiger partial charge is 0.138 e. The summed E-state index contributed by atoms with van der Waals surface area (Å²) in [5, 5.41) is 13.7. The number of ether oxygens (including phenoxy) is 1. The van der Waals surface area contributed by atoms with Gasteiger partial charge in [0.25, 0.3) is 0 Å². The van der Waals surface area contributed by atoms with Crippen LogP contribution in [0.1, 0.15) is 26.3 Å². The third-order valence-electron chi connectivity index (χ3n) is 2.44. The number of likely N-dealkylation sites (N-methyl/N-ethyl adjacent to an activating group) is 1. The van der Waals surface area contributed by atoms with Gasteiger partial charge < -0.3 is 15.2 Å². The van der Waals surface area contributed by atoms with Crippen LogP contribution in [0.25, 0.3) is 0 Å². The molecule has 0 spiro atoms. The Labute approximate surface area is 108 Å². The van der Waals surface area contributed by atoms with Gasteiger partial charge in [-0.25, -0.2) is 0 Å². The van der Waals surface area contributed by atoms with Crippen molar-refractivity contribution < 1.29 is 9.84 Å². The van der Waals surface area contributed by atoms with Gasteiger partial charge in [0.2, 0.25) is 0 Å². The number of hydrogen-bond donors (Lipinski definition) is 2. The Kier molecular flexibility index (Phi) is 4.80. The lowest BCUT2D eigenvalue weighted by molar-refractivity contribution is 0.0591. The normalized spacial score (nSPS) is 14.8. The largest absolute Gasteiger partial charge is 0.489 e. The van der Waals surface area contributed by atoms with Crippen molar-refractivity contribution in [3.05, 3.63) is 28.8 Å². The predicted octanol–water partition coefficient (Wildman–Crippen LogP) is 2.55. The lowest BCUT2D eigenvalue weighted by atomic mass is 9.96. The molecule has 0 fully saturated rings. The molecule has 0 aromatic heterocycles. The molecule has 0 bridgehead atoms. The highest BCUT2D eigenvalue weighted by Gasteiger charge is 2.23. The van der Waals surface area contributed by atoms with Gasteiger partial charge >= 0.3 is 0 Å². The second-order valence-electron chi connectivity index (χ2n) is 4.62. The van der Waals surface area contributed by atoms with Gasteiger partial charge in [0.15, 0.2) is 0 Å². The maximum Gasteiger partial charge on any atom is 0.138 e. The number of halogens is 1. The summed E-state index contributed by atoms with van der Waals surface area (Å²) < 4.78 is 5.54. The first-order chi connectivity index (χ1) is 7.86. The number of hydrogen-bond acceptors (Lipinski definition) is 3. The molecular formula is C13H20ClNO2.